The summed E-state index contributed by atoms with van der Waals surface area (Å²) in [7, 11) is 1.10. The number of hydrogen-bond donors (Lipinski definition) is 2. The van der Waals surface area contributed by atoms with Gasteiger partial charge >= 0.3 is 11.9 Å². The second-order valence-electron chi connectivity index (χ2n) is 3.83. The fourth-order valence-electron chi connectivity index (χ4n) is 0.872. The van der Waals surface area contributed by atoms with Crippen molar-refractivity contribution < 1.29 is 19.1 Å². The molecule has 0 rings (SSSR count). The monoisotopic (exact) mass is 230 g/mol. The number of rotatable bonds is 4. The highest BCUT2D eigenvalue weighted by molar-refractivity contribution is 6.32. The van der Waals surface area contributed by atoms with E-state index in [1.807, 2.05) is 13.8 Å². The molecule has 2 N–H and O–H groups in total. The predicted molar refractivity (Wildman–Crippen MR) is 57.5 cm³/mol. The van der Waals surface area contributed by atoms with Crippen LogP contribution >= 0.6 is 0 Å². The Morgan fingerprint density at radius 3 is 2.19 bits per heavy atom. The summed E-state index contributed by atoms with van der Waals surface area (Å²) in [6, 6.07) is -0.759. The number of carbonyl (C=O) groups is 3. The van der Waals surface area contributed by atoms with Crippen LogP contribution in [0.15, 0.2) is 0 Å². The zero-order valence-corrected chi connectivity index (χ0v) is 9.99. The number of hydrogen-bond acceptors (Lipinski definition) is 4. The number of esters is 1. The molecule has 0 heterocycles. The van der Waals surface area contributed by atoms with Gasteiger partial charge in [-0.15, -0.1) is 0 Å². The molecular formula is C10H18N2O4. The summed E-state index contributed by atoms with van der Waals surface area (Å²) < 4.78 is 4.21. The van der Waals surface area contributed by atoms with Crippen molar-refractivity contribution >= 4 is 17.8 Å². The molecule has 6 heteroatoms. The minimum absolute atomic E-state index is 0.326. The summed E-state index contributed by atoms with van der Waals surface area (Å²) in [5, 5.41) is 4.87. The van der Waals surface area contributed by atoms with Crippen molar-refractivity contribution in [1.29, 1.82) is 0 Å². The molecule has 16 heavy (non-hydrogen) atoms. The normalized spacial score (nSPS) is 11.8. The predicted octanol–water partition coefficient (Wildman–Crippen LogP) is -0.564. The molecule has 1 atom stereocenters. The average molecular weight is 230 g/mol. The van der Waals surface area contributed by atoms with Crippen molar-refractivity contribution in [2.45, 2.75) is 26.8 Å². The molecule has 0 saturated carbocycles. The Labute approximate surface area is 94.7 Å². The summed E-state index contributed by atoms with van der Waals surface area (Å²) >= 11 is 0. The SMILES string of the molecule is COC(=O)C(=O)NC(C)C(=O)NCC(C)C. The van der Waals surface area contributed by atoms with Gasteiger partial charge in [-0.2, -0.15) is 0 Å². The first-order valence-corrected chi connectivity index (χ1v) is 5.05. The van der Waals surface area contributed by atoms with Crippen LogP contribution in [0, 0.1) is 5.92 Å². The first-order valence-electron chi connectivity index (χ1n) is 5.05. The molecule has 0 spiro atoms. The van der Waals surface area contributed by atoms with Crippen LogP contribution in [0.2, 0.25) is 0 Å². The van der Waals surface area contributed by atoms with E-state index in [-0.39, 0.29) is 5.91 Å². The van der Waals surface area contributed by atoms with Gasteiger partial charge in [0, 0.05) is 6.54 Å². The van der Waals surface area contributed by atoms with Crippen LogP contribution in [-0.4, -0.2) is 37.5 Å². The van der Waals surface area contributed by atoms with Crippen molar-refractivity contribution in [2.75, 3.05) is 13.7 Å². The molecule has 0 aromatic carbocycles. The Kier molecular flexibility index (Phi) is 6.14. The van der Waals surface area contributed by atoms with Gasteiger partial charge in [0.1, 0.15) is 6.04 Å². The average Bonchev–Trinajstić information content (AvgIpc) is 2.24. The maximum atomic E-state index is 11.4. The Hall–Kier alpha value is -1.59. The third-order valence-electron chi connectivity index (χ3n) is 1.80. The first kappa shape index (κ1) is 14.4. The summed E-state index contributed by atoms with van der Waals surface area (Å²) in [6.45, 7) is 5.93. The fraction of sp³-hybridized carbons (Fsp3) is 0.700. The highest BCUT2D eigenvalue weighted by atomic mass is 16.5. The van der Waals surface area contributed by atoms with E-state index in [0.717, 1.165) is 7.11 Å². The summed E-state index contributed by atoms with van der Waals surface area (Å²) in [6.07, 6.45) is 0. The van der Waals surface area contributed by atoms with Crippen molar-refractivity contribution in [3.8, 4) is 0 Å². The fourth-order valence-corrected chi connectivity index (χ4v) is 0.872. The molecule has 0 aromatic rings. The second kappa shape index (κ2) is 6.81. The van der Waals surface area contributed by atoms with Gasteiger partial charge in [0.25, 0.3) is 0 Å². The van der Waals surface area contributed by atoms with Gasteiger partial charge in [-0.3, -0.25) is 9.59 Å². The van der Waals surface area contributed by atoms with E-state index in [1.165, 1.54) is 6.92 Å². The van der Waals surface area contributed by atoms with Crippen LogP contribution in [0.1, 0.15) is 20.8 Å². The lowest BCUT2D eigenvalue weighted by atomic mass is 10.2. The maximum absolute atomic E-state index is 11.4. The van der Waals surface area contributed by atoms with Crippen LogP contribution in [0.25, 0.3) is 0 Å². The van der Waals surface area contributed by atoms with Gasteiger partial charge in [-0.25, -0.2) is 4.79 Å². The zero-order chi connectivity index (χ0) is 12.7. The smallest absolute Gasteiger partial charge is 0.396 e. The zero-order valence-electron chi connectivity index (χ0n) is 9.99. The van der Waals surface area contributed by atoms with E-state index in [4.69, 9.17) is 0 Å². The van der Waals surface area contributed by atoms with E-state index in [9.17, 15) is 14.4 Å². The number of amides is 2. The lowest BCUT2D eigenvalue weighted by Crippen LogP contribution is -2.47. The molecule has 0 bridgehead atoms. The summed E-state index contributed by atoms with van der Waals surface area (Å²) in [5.41, 5.74) is 0. The molecule has 0 aromatic heterocycles. The van der Waals surface area contributed by atoms with E-state index in [0.29, 0.717) is 12.5 Å². The Balaban J connectivity index is 4.05. The van der Waals surface area contributed by atoms with Crippen molar-refractivity contribution in [3.05, 3.63) is 0 Å². The summed E-state index contributed by atoms with van der Waals surface area (Å²) in [5.74, 6) is -1.93. The van der Waals surface area contributed by atoms with Crippen LogP contribution in [0.4, 0.5) is 0 Å². The third kappa shape index (κ3) is 5.33. The number of methoxy groups -OCH3 is 1. The molecule has 2 amide bonds. The highest BCUT2D eigenvalue weighted by Gasteiger charge is 2.20. The van der Waals surface area contributed by atoms with Crippen molar-refractivity contribution in [3.63, 3.8) is 0 Å². The minimum atomic E-state index is -1.01. The lowest BCUT2D eigenvalue weighted by Gasteiger charge is -2.14. The third-order valence-corrected chi connectivity index (χ3v) is 1.80. The van der Waals surface area contributed by atoms with Crippen LogP contribution in [-0.2, 0) is 19.1 Å². The minimum Gasteiger partial charge on any atom is -0.462 e. The van der Waals surface area contributed by atoms with E-state index < -0.39 is 17.9 Å². The molecule has 0 aliphatic carbocycles. The topological polar surface area (TPSA) is 84.5 Å². The van der Waals surface area contributed by atoms with Crippen LogP contribution in [0.5, 0.6) is 0 Å². The molecule has 0 aliphatic heterocycles. The van der Waals surface area contributed by atoms with Gasteiger partial charge in [0.15, 0.2) is 0 Å². The van der Waals surface area contributed by atoms with E-state index in [2.05, 4.69) is 15.4 Å². The second-order valence-corrected chi connectivity index (χ2v) is 3.83. The van der Waals surface area contributed by atoms with E-state index in [1.54, 1.807) is 0 Å². The summed E-state index contributed by atoms with van der Waals surface area (Å²) in [4.78, 5) is 33.2. The largest absolute Gasteiger partial charge is 0.462 e. The molecule has 0 aliphatic rings. The Bertz CT molecular complexity index is 276. The molecule has 0 saturated heterocycles. The van der Waals surface area contributed by atoms with Gasteiger partial charge in [0.2, 0.25) is 5.91 Å². The number of ether oxygens (including phenoxy) is 1. The molecule has 92 valence electrons. The first-order chi connectivity index (χ1) is 7.38. The molecular weight excluding hydrogens is 212 g/mol. The Morgan fingerprint density at radius 2 is 1.75 bits per heavy atom. The molecule has 0 fully saturated rings. The molecule has 0 radical (unpaired) electrons. The van der Waals surface area contributed by atoms with E-state index >= 15 is 0 Å². The Morgan fingerprint density at radius 1 is 1.19 bits per heavy atom. The lowest BCUT2D eigenvalue weighted by molar-refractivity contribution is -0.153. The quantitative estimate of drug-likeness (QED) is 0.500. The number of nitrogens with one attached hydrogen (secondary N) is 2. The van der Waals surface area contributed by atoms with Gasteiger partial charge in [0.05, 0.1) is 7.11 Å². The molecule has 1 unspecified atom stereocenters. The molecule has 6 nitrogen and oxygen atoms in total. The highest BCUT2D eigenvalue weighted by Crippen LogP contribution is 1.89. The van der Waals surface area contributed by atoms with Gasteiger partial charge < -0.3 is 15.4 Å². The maximum Gasteiger partial charge on any atom is 0.396 e. The van der Waals surface area contributed by atoms with Gasteiger partial charge in [-0.05, 0) is 12.8 Å². The van der Waals surface area contributed by atoms with Crippen LogP contribution in [0.3, 0.4) is 0 Å². The van der Waals surface area contributed by atoms with Crippen molar-refractivity contribution in [1.82, 2.24) is 10.6 Å². The van der Waals surface area contributed by atoms with Crippen molar-refractivity contribution in [2.24, 2.45) is 5.92 Å². The number of carbonyl (C=O) groups excluding carboxylic acids is 3. The standard InChI is InChI=1S/C10H18N2O4/c1-6(2)5-11-8(13)7(3)12-9(14)10(15)16-4/h6-7H,5H2,1-4H3,(H,11,13)(H,12,14). The van der Waals surface area contributed by atoms with Crippen LogP contribution < -0.4 is 10.6 Å². The van der Waals surface area contributed by atoms with Gasteiger partial charge in [-0.1, -0.05) is 13.8 Å².